The minimum absolute atomic E-state index is 0.232. The molecule has 6 heteroatoms. The van der Waals surface area contributed by atoms with Crippen LogP contribution in [0.1, 0.15) is 31.4 Å². The zero-order chi connectivity index (χ0) is 17.2. The second-order valence-electron chi connectivity index (χ2n) is 7.05. The molecule has 1 aromatic carbocycles. The number of rotatable bonds is 5. The standard InChI is InChI=1S/C18H26N2O3S/c1-18(2,20-9-11-23-12-10-20)14-19-24(21,22)17-8-7-15-5-3-4-6-16(15)13-17/h3-6,13,19H,7-12,14H2,1-2H3. The maximum Gasteiger partial charge on any atom is 0.236 e. The van der Waals surface area contributed by atoms with Crippen LogP contribution in [0.25, 0.3) is 6.08 Å². The van der Waals surface area contributed by atoms with E-state index < -0.39 is 10.0 Å². The molecule has 0 aromatic heterocycles. The molecule has 0 amide bonds. The first kappa shape index (κ1) is 17.6. The summed E-state index contributed by atoms with van der Waals surface area (Å²) in [4.78, 5) is 2.77. The molecule has 0 radical (unpaired) electrons. The highest BCUT2D eigenvalue weighted by molar-refractivity contribution is 7.93. The molecular formula is C18H26N2O3S. The van der Waals surface area contributed by atoms with Crippen molar-refractivity contribution in [1.82, 2.24) is 9.62 Å². The Morgan fingerprint density at radius 1 is 1.17 bits per heavy atom. The van der Waals surface area contributed by atoms with Gasteiger partial charge in [-0.1, -0.05) is 24.3 Å². The van der Waals surface area contributed by atoms with E-state index in [0.29, 0.717) is 31.1 Å². The molecule has 1 aliphatic heterocycles. The molecule has 0 atom stereocenters. The van der Waals surface area contributed by atoms with Crippen molar-refractivity contribution >= 4 is 16.1 Å². The highest BCUT2D eigenvalue weighted by Gasteiger charge is 2.31. The summed E-state index contributed by atoms with van der Waals surface area (Å²) >= 11 is 0. The van der Waals surface area contributed by atoms with E-state index in [1.54, 1.807) is 0 Å². The normalized spacial score (nSPS) is 19.7. The molecule has 0 spiro atoms. The number of allylic oxidation sites excluding steroid dienone is 1. The van der Waals surface area contributed by atoms with Crippen molar-refractivity contribution in [3.63, 3.8) is 0 Å². The summed E-state index contributed by atoms with van der Waals surface area (Å²) in [7, 11) is -3.44. The van der Waals surface area contributed by atoms with Crippen molar-refractivity contribution in [2.24, 2.45) is 0 Å². The lowest BCUT2D eigenvalue weighted by Gasteiger charge is -2.40. The van der Waals surface area contributed by atoms with Gasteiger partial charge in [-0.05, 0) is 43.9 Å². The third-order valence-corrected chi connectivity index (χ3v) is 6.46. The molecule has 1 fully saturated rings. The molecule has 1 heterocycles. The number of benzene rings is 1. The van der Waals surface area contributed by atoms with Gasteiger partial charge in [0.25, 0.3) is 0 Å². The van der Waals surface area contributed by atoms with E-state index in [-0.39, 0.29) is 5.54 Å². The van der Waals surface area contributed by atoms with Crippen LogP contribution >= 0.6 is 0 Å². The van der Waals surface area contributed by atoms with Crippen molar-refractivity contribution in [2.75, 3.05) is 32.8 Å². The third kappa shape index (κ3) is 3.88. The van der Waals surface area contributed by atoms with Crippen LogP contribution in [0, 0.1) is 0 Å². The summed E-state index contributed by atoms with van der Waals surface area (Å²) < 4.78 is 33.6. The average molecular weight is 350 g/mol. The van der Waals surface area contributed by atoms with Gasteiger partial charge < -0.3 is 4.74 Å². The highest BCUT2D eigenvalue weighted by atomic mass is 32.2. The first-order valence-electron chi connectivity index (χ1n) is 8.49. The lowest BCUT2D eigenvalue weighted by atomic mass is 9.98. The van der Waals surface area contributed by atoms with E-state index in [1.807, 2.05) is 24.3 Å². The topological polar surface area (TPSA) is 58.6 Å². The molecule has 0 unspecified atom stereocenters. The number of hydrogen-bond donors (Lipinski definition) is 1. The molecular weight excluding hydrogens is 324 g/mol. The second kappa shape index (κ2) is 6.96. The van der Waals surface area contributed by atoms with Crippen LogP contribution < -0.4 is 4.72 Å². The number of ether oxygens (including phenoxy) is 1. The van der Waals surface area contributed by atoms with Gasteiger partial charge in [-0.15, -0.1) is 0 Å². The fourth-order valence-corrected chi connectivity index (χ4v) is 4.64. The summed E-state index contributed by atoms with van der Waals surface area (Å²) in [5.74, 6) is 0. The summed E-state index contributed by atoms with van der Waals surface area (Å²) in [6.07, 6.45) is 3.14. The van der Waals surface area contributed by atoms with Crippen LogP contribution in [0.5, 0.6) is 0 Å². The predicted molar refractivity (Wildman–Crippen MR) is 96.1 cm³/mol. The van der Waals surface area contributed by atoms with Gasteiger partial charge in [-0.2, -0.15) is 0 Å². The molecule has 2 aliphatic rings. The van der Waals surface area contributed by atoms with Crippen molar-refractivity contribution in [3.05, 3.63) is 40.3 Å². The van der Waals surface area contributed by atoms with Crippen molar-refractivity contribution < 1.29 is 13.2 Å². The number of nitrogens with zero attached hydrogens (tertiary/aromatic N) is 1. The number of nitrogens with one attached hydrogen (secondary N) is 1. The Labute approximate surface area is 144 Å². The Morgan fingerprint density at radius 2 is 1.88 bits per heavy atom. The molecule has 1 N–H and O–H groups in total. The number of aryl methyl sites for hydroxylation is 1. The lowest BCUT2D eigenvalue weighted by Crippen LogP contribution is -2.55. The lowest BCUT2D eigenvalue weighted by molar-refractivity contribution is -0.00802. The molecule has 5 nitrogen and oxygen atoms in total. The Bertz CT molecular complexity index is 720. The molecule has 1 aliphatic carbocycles. The number of fused-ring (bicyclic) bond motifs is 1. The molecule has 0 saturated carbocycles. The SMILES string of the molecule is CC(C)(CNS(=O)(=O)C1=Cc2ccccc2CC1)N1CCOCC1. The first-order chi connectivity index (χ1) is 11.4. The smallest absolute Gasteiger partial charge is 0.236 e. The van der Waals surface area contributed by atoms with Gasteiger partial charge in [0.05, 0.1) is 18.1 Å². The van der Waals surface area contributed by atoms with E-state index >= 15 is 0 Å². The van der Waals surface area contributed by atoms with Crippen LogP contribution in [0.3, 0.4) is 0 Å². The molecule has 132 valence electrons. The van der Waals surface area contributed by atoms with Crippen LogP contribution in [-0.4, -0.2) is 51.7 Å². The molecule has 3 rings (SSSR count). The van der Waals surface area contributed by atoms with Crippen molar-refractivity contribution in [3.8, 4) is 0 Å². The minimum Gasteiger partial charge on any atom is -0.379 e. The monoisotopic (exact) mass is 350 g/mol. The van der Waals surface area contributed by atoms with E-state index in [2.05, 4.69) is 29.5 Å². The zero-order valence-corrected chi connectivity index (χ0v) is 15.2. The summed E-state index contributed by atoms with van der Waals surface area (Å²) in [6.45, 7) is 7.64. The van der Waals surface area contributed by atoms with Gasteiger partial charge in [0, 0.05) is 25.2 Å². The quantitative estimate of drug-likeness (QED) is 0.882. The van der Waals surface area contributed by atoms with E-state index in [9.17, 15) is 8.42 Å². The minimum atomic E-state index is -3.44. The van der Waals surface area contributed by atoms with Gasteiger partial charge in [0.15, 0.2) is 0 Å². The number of morpholine rings is 1. The fourth-order valence-electron chi connectivity index (χ4n) is 3.26. The molecule has 1 saturated heterocycles. The number of sulfonamides is 1. The molecule has 24 heavy (non-hydrogen) atoms. The summed E-state index contributed by atoms with van der Waals surface area (Å²) in [5.41, 5.74) is 1.99. The van der Waals surface area contributed by atoms with Crippen molar-refractivity contribution in [2.45, 2.75) is 32.2 Å². The van der Waals surface area contributed by atoms with Gasteiger partial charge in [-0.25, -0.2) is 13.1 Å². The Morgan fingerprint density at radius 3 is 2.62 bits per heavy atom. The fraction of sp³-hybridized carbons (Fsp3) is 0.556. The largest absolute Gasteiger partial charge is 0.379 e. The maximum absolute atomic E-state index is 12.7. The maximum atomic E-state index is 12.7. The zero-order valence-electron chi connectivity index (χ0n) is 14.4. The van der Waals surface area contributed by atoms with E-state index in [0.717, 1.165) is 25.1 Å². The Hall–Kier alpha value is -1.21. The Kier molecular flexibility index (Phi) is 5.11. The Balaban J connectivity index is 1.69. The number of hydrogen-bond acceptors (Lipinski definition) is 4. The summed E-state index contributed by atoms with van der Waals surface area (Å²) in [5, 5.41) is 0. The molecule has 1 aromatic rings. The van der Waals surface area contributed by atoms with Crippen LogP contribution in [-0.2, 0) is 21.2 Å². The van der Waals surface area contributed by atoms with Crippen LogP contribution in [0.2, 0.25) is 0 Å². The average Bonchev–Trinajstić information content (AvgIpc) is 2.60. The second-order valence-corrected chi connectivity index (χ2v) is 8.87. The van der Waals surface area contributed by atoms with Crippen LogP contribution in [0.15, 0.2) is 29.2 Å². The summed E-state index contributed by atoms with van der Waals surface area (Å²) in [6, 6.07) is 7.97. The molecule has 0 bridgehead atoms. The van der Waals surface area contributed by atoms with Crippen molar-refractivity contribution in [1.29, 1.82) is 0 Å². The highest BCUT2D eigenvalue weighted by Crippen LogP contribution is 2.27. The van der Waals surface area contributed by atoms with Gasteiger partial charge in [0.2, 0.25) is 10.0 Å². The van der Waals surface area contributed by atoms with E-state index in [4.69, 9.17) is 4.74 Å². The van der Waals surface area contributed by atoms with Gasteiger partial charge in [0.1, 0.15) is 0 Å². The van der Waals surface area contributed by atoms with Gasteiger partial charge >= 0.3 is 0 Å². The first-order valence-corrected chi connectivity index (χ1v) is 9.98. The van der Waals surface area contributed by atoms with E-state index in [1.165, 1.54) is 5.56 Å². The predicted octanol–water partition coefficient (Wildman–Crippen LogP) is 2.00. The van der Waals surface area contributed by atoms with Crippen LogP contribution in [0.4, 0.5) is 0 Å². The third-order valence-electron chi connectivity index (χ3n) is 4.92. The van der Waals surface area contributed by atoms with Gasteiger partial charge in [-0.3, -0.25) is 4.90 Å².